The molecule has 2 aliphatic heterocycles. The van der Waals surface area contributed by atoms with Gasteiger partial charge in [0.05, 0.1) is 22.2 Å². The first-order valence-electron chi connectivity index (χ1n) is 13.0. The van der Waals surface area contributed by atoms with Crippen molar-refractivity contribution in [2.45, 2.75) is 35.8 Å². The van der Waals surface area contributed by atoms with E-state index >= 15 is 0 Å². The van der Waals surface area contributed by atoms with E-state index in [4.69, 9.17) is 0 Å². The summed E-state index contributed by atoms with van der Waals surface area (Å²) in [6, 6.07) is 18.6. The standard InChI is InChI=1S/C30H21BrF3N3O4S2/c1-15-6-4-9-18(12-15)35-21(38)14-36-28-25(43-29(36)41)22(16-7-5-8-17(31)13-16)23-24(42-28)27(40)37(26(23)39)20-11-3-2-10-19(20)30(32,33)34/h2-13,22-24H,14H2,1H3,(H,35,38). The Morgan fingerprint density at radius 2 is 1.72 bits per heavy atom. The molecule has 1 saturated heterocycles. The van der Waals surface area contributed by atoms with Gasteiger partial charge in [-0.1, -0.05) is 75.4 Å². The van der Waals surface area contributed by atoms with E-state index in [1.54, 1.807) is 42.5 Å². The van der Waals surface area contributed by atoms with Crippen LogP contribution < -0.4 is 15.1 Å². The fraction of sp³-hybridized carbons (Fsp3) is 0.200. The molecule has 2 aliphatic rings. The van der Waals surface area contributed by atoms with Gasteiger partial charge in [0.15, 0.2) is 0 Å². The average Bonchev–Trinajstić information content (AvgIpc) is 3.38. The monoisotopic (exact) mass is 687 g/mol. The molecule has 3 unspecified atom stereocenters. The molecule has 220 valence electrons. The SMILES string of the molecule is Cc1cccc(NC(=O)Cn2c3c(sc2=O)C(c2cccc(Br)c2)C2C(=O)N(c4ccccc4C(F)(F)F)C(=O)C2S3)c1. The smallest absolute Gasteiger partial charge is 0.325 e. The predicted octanol–water partition coefficient (Wildman–Crippen LogP) is 6.43. The summed E-state index contributed by atoms with van der Waals surface area (Å²) in [7, 11) is 0. The van der Waals surface area contributed by atoms with Gasteiger partial charge in [-0.3, -0.25) is 23.7 Å². The van der Waals surface area contributed by atoms with Crippen LogP contribution in [0.15, 0.2) is 87.1 Å². The topological polar surface area (TPSA) is 88.5 Å². The van der Waals surface area contributed by atoms with E-state index in [0.29, 0.717) is 30.5 Å². The van der Waals surface area contributed by atoms with E-state index in [2.05, 4.69) is 21.2 Å². The number of rotatable bonds is 5. The Kier molecular flexibility index (Phi) is 7.59. The molecule has 0 aliphatic carbocycles. The van der Waals surface area contributed by atoms with Gasteiger partial charge >= 0.3 is 11.0 Å². The molecule has 6 rings (SSSR count). The van der Waals surface area contributed by atoms with E-state index in [9.17, 15) is 32.3 Å². The number of nitrogens with one attached hydrogen (secondary N) is 1. The highest BCUT2D eigenvalue weighted by atomic mass is 79.9. The van der Waals surface area contributed by atoms with Crippen molar-refractivity contribution in [3.05, 3.63) is 109 Å². The maximum Gasteiger partial charge on any atom is 0.418 e. The van der Waals surface area contributed by atoms with Crippen LogP contribution in [0.5, 0.6) is 0 Å². The Morgan fingerprint density at radius 1 is 0.977 bits per heavy atom. The Labute approximate surface area is 259 Å². The first-order chi connectivity index (χ1) is 20.4. The van der Waals surface area contributed by atoms with E-state index in [-0.39, 0.29) is 6.54 Å². The highest BCUT2D eigenvalue weighted by Crippen LogP contribution is 2.54. The summed E-state index contributed by atoms with van der Waals surface area (Å²) in [5, 5.41) is 1.99. The molecular weight excluding hydrogens is 667 g/mol. The summed E-state index contributed by atoms with van der Waals surface area (Å²) < 4.78 is 43.8. The van der Waals surface area contributed by atoms with Crippen molar-refractivity contribution in [1.82, 2.24) is 4.57 Å². The van der Waals surface area contributed by atoms with E-state index in [0.717, 1.165) is 40.8 Å². The van der Waals surface area contributed by atoms with Crippen LogP contribution in [0.25, 0.3) is 0 Å². The molecule has 43 heavy (non-hydrogen) atoms. The number of thiazole rings is 1. The first kappa shape index (κ1) is 29.4. The predicted molar refractivity (Wildman–Crippen MR) is 161 cm³/mol. The van der Waals surface area contributed by atoms with Gasteiger partial charge in [0.1, 0.15) is 11.8 Å². The van der Waals surface area contributed by atoms with Gasteiger partial charge in [-0.25, -0.2) is 4.90 Å². The summed E-state index contributed by atoms with van der Waals surface area (Å²) >= 11 is 5.23. The summed E-state index contributed by atoms with van der Waals surface area (Å²) in [6.45, 7) is 1.53. The lowest BCUT2D eigenvalue weighted by atomic mass is 9.83. The lowest BCUT2D eigenvalue weighted by molar-refractivity contribution is -0.137. The zero-order valence-corrected chi connectivity index (χ0v) is 25.4. The lowest BCUT2D eigenvalue weighted by Gasteiger charge is -2.30. The van der Waals surface area contributed by atoms with Crippen LogP contribution in [0, 0.1) is 12.8 Å². The van der Waals surface area contributed by atoms with Crippen molar-refractivity contribution in [2.75, 3.05) is 10.2 Å². The number of hydrogen-bond donors (Lipinski definition) is 1. The van der Waals surface area contributed by atoms with E-state index in [1.807, 2.05) is 13.0 Å². The minimum atomic E-state index is -4.80. The molecule has 1 N–H and O–H groups in total. The number of amides is 3. The van der Waals surface area contributed by atoms with E-state index < -0.39 is 57.1 Å². The second-order valence-electron chi connectivity index (χ2n) is 10.2. The number of alkyl halides is 3. The van der Waals surface area contributed by atoms with Crippen molar-refractivity contribution in [3.63, 3.8) is 0 Å². The van der Waals surface area contributed by atoms with Gasteiger partial charge in [-0.2, -0.15) is 13.2 Å². The number of fused-ring (bicyclic) bond motifs is 2. The van der Waals surface area contributed by atoms with Gasteiger partial charge in [-0.05, 0) is 54.4 Å². The van der Waals surface area contributed by atoms with Crippen LogP contribution in [0.1, 0.15) is 27.5 Å². The normalized spacial score (nSPS) is 19.7. The number of imide groups is 1. The number of nitrogens with zero attached hydrogens (tertiary/aromatic N) is 2. The van der Waals surface area contributed by atoms with Crippen LogP contribution in [0.3, 0.4) is 0 Å². The Morgan fingerprint density at radius 3 is 2.44 bits per heavy atom. The number of aryl methyl sites for hydroxylation is 1. The van der Waals surface area contributed by atoms with Crippen LogP contribution >= 0.6 is 39.0 Å². The highest BCUT2D eigenvalue weighted by Gasteiger charge is 2.57. The zero-order valence-electron chi connectivity index (χ0n) is 22.2. The number of para-hydroxylation sites is 1. The van der Waals surface area contributed by atoms with Gasteiger partial charge in [0.25, 0.3) is 0 Å². The van der Waals surface area contributed by atoms with Gasteiger partial charge < -0.3 is 5.32 Å². The third kappa shape index (κ3) is 5.34. The Bertz CT molecular complexity index is 1850. The average molecular weight is 689 g/mol. The maximum atomic E-state index is 14.0. The number of hydrogen-bond acceptors (Lipinski definition) is 6. The Balaban J connectivity index is 1.44. The van der Waals surface area contributed by atoms with Crippen molar-refractivity contribution >= 4 is 68.1 Å². The number of benzene rings is 3. The molecule has 13 heteroatoms. The third-order valence-electron chi connectivity index (χ3n) is 7.31. The molecule has 1 aromatic heterocycles. The highest BCUT2D eigenvalue weighted by molar-refractivity contribution is 9.10. The maximum absolute atomic E-state index is 14.0. The zero-order chi connectivity index (χ0) is 30.6. The number of carbonyl (C=O) groups is 3. The van der Waals surface area contributed by atoms with Gasteiger partial charge in [0, 0.05) is 21.0 Å². The molecule has 0 bridgehead atoms. The molecule has 7 nitrogen and oxygen atoms in total. The molecule has 3 heterocycles. The molecule has 4 aromatic rings. The van der Waals surface area contributed by atoms with Crippen LogP contribution in [0.2, 0.25) is 0 Å². The molecule has 0 spiro atoms. The number of anilines is 2. The van der Waals surface area contributed by atoms with Crippen molar-refractivity contribution in [1.29, 1.82) is 0 Å². The molecule has 0 saturated carbocycles. The Hall–Kier alpha value is -3.68. The van der Waals surface area contributed by atoms with Crippen molar-refractivity contribution in [3.8, 4) is 0 Å². The lowest BCUT2D eigenvalue weighted by Crippen LogP contribution is -2.33. The van der Waals surface area contributed by atoms with Crippen molar-refractivity contribution < 1.29 is 27.6 Å². The summed E-state index contributed by atoms with van der Waals surface area (Å²) in [4.78, 5) is 54.8. The van der Waals surface area contributed by atoms with Crippen molar-refractivity contribution in [2.24, 2.45) is 5.92 Å². The second-order valence-corrected chi connectivity index (χ2v) is 13.2. The fourth-order valence-corrected chi connectivity index (χ4v) is 8.72. The molecule has 3 aromatic carbocycles. The number of halogens is 4. The first-order valence-corrected chi connectivity index (χ1v) is 15.5. The minimum Gasteiger partial charge on any atom is -0.325 e. The largest absolute Gasteiger partial charge is 0.418 e. The molecule has 3 amide bonds. The third-order valence-corrected chi connectivity index (χ3v) is 10.4. The van der Waals surface area contributed by atoms with Crippen LogP contribution in [-0.2, 0) is 27.1 Å². The van der Waals surface area contributed by atoms with E-state index in [1.165, 1.54) is 16.7 Å². The molecule has 1 fully saturated rings. The second kappa shape index (κ2) is 11.1. The summed E-state index contributed by atoms with van der Waals surface area (Å²) in [6.07, 6.45) is -4.80. The summed E-state index contributed by atoms with van der Waals surface area (Å²) in [5.74, 6) is -3.94. The molecule has 0 radical (unpaired) electrons. The van der Waals surface area contributed by atoms with Gasteiger partial charge in [0.2, 0.25) is 17.7 Å². The number of aromatic nitrogens is 1. The fourth-order valence-electron chi connectivity index (χ4n) is 5.53. The quantitative estimate of drug-likeness (QED) is 0.244. The minimum absolute atomic E-state index is 0.340. The molecular formula is C30H21BrF3N3O4S2. The summed E-state index contributed by atoms with van der Waals surface area (Å²) in [5.41, 5.74) is 0.459. The van der Waals surface area contributed by atoms with Gasteiger partial charge in [-0.15, -0.1) is 0 Å². The van der Waals surface area contributed by atoms with Crippen LogP contribution in [0.4, 0.5) is 24.5 Å². The number of carbonyl (C=O) groups excluding carboxylic acids is 3. The molecule has 3 atom stereocenters. The number of thioether (sulfide) groups is 1. The van der Waals surface area contributed by atoms with Crippen LogP contribution in [-0.4, -0.2) is 27.5 Å².